The third kappa shape index (κ3) is 9.84. The van der Waals surface area contributed by atoms with Gasteiger partial charge < -0.3 is 28.4 Å². The number of benzene rings is 5. The van der Waals surface area contributed by atoms with Crippen molar-refractivity contribution < 1.29 is 28.4 Å². The van der Waals surface area contributed by atoms with Gasteiger partial charge in [-0.25, -0.2) is 0 Å². The third-order valence-corrected chi connectivity index (χ3v) is 8.44. The van der Waals surface area contributed by atoms with Crippen LogP contribution in [0.3, 0.4) is 0 Å². The van der Waals surface area contributed by atoms with Crippen molar-refractivity contribution in [1.82, 2.24) is 0 Å². The molecule has 7 heteroatoms. The molecule has 0 bridgehead atoms. The average molecular weight is 696 g/mol. The zero-order valence-corrected chi connectivity index (χ0v) is 27.7. The van der Waals surface area contributed by atoms with E-state index in [0.29, 0.717) is 32.2 Å². The summed E-state index contributed by atoms with van der Waals surface area (Å²) in [6, 6.07) is 48.1. The highest BCUT2D eigenvalue weighted by molar-refractivity contribution is 9.10. The second-order valence-corrected chi connectivity index (χ2v) is 12.3. The van der Waals surface area contributed by atoms with E-state index in [0.717, 1.165) is 26.7 Å². The monoisotopic (exact) mass is 694 g/mol. The van der Waals surface area contributed by atoms with Crippen molar-refractivity contribution in [2.45, 2.75) is 57.1 Å². The first-order valence-corrected chi connectivity index (χ1v) is 16.7. The Morgan fingerprint density at radius 1 is 0.468 bits per heavy atom. The molecule has 0 aliphatic carbocycles. The summed E-state index contributed by atoms with van der Waals surface area (Å²) >= 11 is 3.52. The molecule has 6 nitrogen and oxygen atoms in total. The molecule has 0 amide bonds. The van der Waals surface area contributed by atoms with Crippen molar-refractivity contribution in [3.05, 3.63) is 172 Å². The van der Waals surface area contributed by atoms with Crippen molar-refractivity contribution in [3.63, 3.8) is 0 Å². The predicted octanol–water partition coefficient (Wildman–Crippen LogP) is 8.53. The molecule has 1 fully saturated rings. The Morgan fingerprint density at radius 3 is 1.38 bits per heavy atom. The first-order chi connectivity index (χ1) is 23.2. The van der Waals surface area contributed by atoms with Crippen LogP contribution in [0, 0.1) is 0 Å². The predicted molar refractivity (Wildman–Crippen MR) is 185 cm³/mol. The van der Waals surface area contributed by atoms with Gasteiger partial charge in [0, 0.05) is 4.47 Å². The maximum atomic E-state index is 6.78. The number of rotatable bonds is 15. The molecule has 0 unspecified atom stereocenters. The summed E-state index contributed by atoms with van der Waals surface area (Å²) in [4.78, 5) is 0. The molecular formula is C40H39BrO6. The van der Waals surface area contributed by atoms with Gasteiger partial charge in [0.25, 0.3) is 0 Å². The fourth-order valence-electron chi connectivity index (χ4n) is 5.49. The van der Waals surface area contributed by atoms with E-state index in [1.807, 2.05) is 133 Å². The fourth-order valence-corrected chi connectivity index (χ4v) is 5.75. The molecule has 0 radical (unpaired) electrons. The molecule has 1 saturated heterocycles. The third-order valence-electron chi connectivity index (χ3n) is 7.91. The molecule has 0 spiro atoms. The molecule has 0 N–H and O–H groups in total. The number of halogens is 1. The van der Waals surface area contributed by atoms with Gasteiger partial charge in [-0.2, -0.15) is 0 Å². The topological polar surface area (TPSA) is 55.4 Å². The second kappa shape index (κ2) is 17.4. The number of ether oxygens (including phenoxy) is 6. The first-order valence-electron chi connectivity index (χ1n) is 15.9. The van der Waals surface area contributed by atoms with Crippen LogP contribution < -0.4 is 4.74 Å². The lowest BCUT2D eigenvalue weighted by atomic mass is 9.97. The molecule has 5 aromatic carbocycles. The van der Waals surface area contributed by atoms with Crippen LogP contribution in [-0.4, -0.2) is 37.3 Å². The van der Waals surface area contributed by atoms with Crippen molar-refractivity contribution in [2.75, 3.05) is 6.61 Å². The van der Waals surface area contributed by atoms with Crippen LogP contribution in [0.4, 0.5) is 0 Å². The van der Waals surface area contributed by atoms with E-state index >= 15 is 0 Å². The van der Waals surface area contributed by atoms with E-state index in [1.165, 1.54) is 0 Å². The highest BCUT2D eigenvalue weighted by atomic mass is 79.9. The van der Waals surface area contributed by atoms with Gasteiger partial charge in [-0.05, 0) is 46.5 Å². The van der Waals surface area contributed by atoms with E-state index in [2.05, 4.69) is 28.1 Å². The van der Waals surface area contributed by atoms with E-state index in [4.69, 9.17) is 28.4 Å². The summed E-state index contributed by atoms with van der Waals surface area (Å²) in [6.07, 6.45) is -3.03. The Hall–Kier alpha value is -3.82. The zero-order valence-electron chi connectivity index (χ0n) is 26.1. The maximum Gasteiger partial charge on any atom is 0.229 e. The minimum absolute atomic E-state index is 0.269. The summed E-state index contributed by atoms with van der Waals surface area (Å²) in [5.41, 5.74) is 4.21. The smallest absolute Gasteiger partial charge is 0.229 e. The van der Waals surface area contributed by atoms with E-state index in [9.17, 15) is 0 Å². The lowest BCUT2D eigenvalue weighted by molar-refractivity contribution is -0.310. The van der Waals surface area contributed by atoms with Crippen molar-refractivity contribution in [2.24, 2.45) is 0 Å². The van der Waals surface area contributed by atoms with Gasteiger partial charge in [0.15, 0.2) is 0 Å². The lowest BCUT2D eigenvalue weighted by Gasteiger charge is -2.45. The largest absolute Gasteiger partial charge is 0.462 e. The molecule has 242 valence electrons. The van der Waals surface area contributed by atoms with Crippen LogP contribution in [0.25, 0.3) is 0 Å². The summed E-state index contributed by atoms with van der Waals surface area (Å²) in [6.45, 7) is 1.79. The van der Waals surface area contributed by atoms with E-state index < -0.39 is 30.7 Å². The Labute approximate surface area is 285 Å². The first kappa shape index (κ1) is 33.1. The molecule has 6 rings (SSSR count). The zero-order chi connectivity index (χ0) is 32.1. The molecule has 5 aromatic rings. The Morgan fingerprint density at radius 2 is 0.894 bits per heavy atom. The molecule has 0 aromatic heterocycles. The normalized spacial score (nSPS) is 20.9. The fraction of sp³-hybridized carbons (Fsp3) is 0.250. The Bertz CT molecular complexity index is 1590. The highest BCUT2D eigenvalue weighted by Crippen LogP contribution is 2.33. The van der Waals surface area contributed by atoms with Crippen molar-refractivity contribution in [3.8, 4) is 5.75 Å². The molecule has 0 saturated carbocycles. The van der Waals surface area contributed by atoms with Crippen LogP contribution in [0.15, 0.2) is 150 Å². The second-order valence-electron chi connectivity index (χ2n) is 11.4. The maximum absolute atomic E-state index is 6.78. The number of hydrogen-bond donors (Lipinski definition) is 0. The van der Waals surface area contributed by atoms with Crippen molar-refractivity contribution in [1.29, 1.82) is 0 Å². The van der Waals surface area contributed by atoms with Gasteiger partial charge >= 0.3 is 0 Å². The summed E-state index contributed by atoms with van der Waals surface area (Å²) in [5.74, 6) is 0.654. The Kier molecular flexibility index (Phi) is 12.2. The molecule has 47 heavy (non-hydrogen) atoms. The van der Waals surface area contributed by atoms with Gasteiger partial charge in [-0.3, -0.25) is 0 Å². The average Bonchev–Trinajstić information content (AvgIpc) is 3.12. The summed E-state index contributed by atoms with van der Waals surface area (Å²) in [5, 5.41) is 0. The summed E-state index contributed by atoms with van der Waals surface area (Å²) < 4.78 is 40.7. The highest BCUT2D eigenvalue weighted by Gasteiger charge is 2.49. The van der Waals surface area contributed by atoms with Crippen LogP contribution in [0.2, 0.25) is 0 Å². The summed E-state index contributed by atoms with van der Waals surface area (Å²) in [7, 11) is 0. The van der Waals surface area contributed by atoms with Gasteiger partial charge in [0.2, 0.25) is 6.29 Å². The SMILES string of the molecule is Brc1ccc(O[C@@H]2O[C@H](COCc3ccccc3)[C@@H](OCc3ccccc3)[C@H](OCc3ccccc3)[C@H]2OCc2ccccc2)cc1. The van der Waals surface area contributed by atoms with E-state index in [1.54, 1.807) is 0 Å². The van der Waals surface area contributed by atoms with Crippen molar-refractivity contribution >= 4 is 15.9 Å². The Balaban J connectivity index is 1.31. The van der Waals surface area contributed by atoms with Crippen LogP contribution in [0.1, 0.15) is 22.3 Å². The molecule has 1 aliphatic rings. The minimum Gasteiger partial charge on any atom is -0.462 e. The standard InChI is InChI=1S/C40H39BrO6/c41-34-21-23-35(24-22-34)46-40-39(45-28-33-19-11-4-12-20-33)38(44-27-32-17-9-3-10-18-32)37(43-26-31-15-7-2-8-16-31)36(47-40)29-42-25-30-13-5-1-6-14-30/h1-24,36-40H,25-29H2/t36-,37-,38+,39-,40-/m1/s1. The quantitative estimate of drug-likeness (QED) is 0.110. The number of hydrogen-bond acceptors (Lipinski definition) is 6. The van der Waals surface area contributed by atoms with Crippen LogP contribution in [0.5, 0.6) is 5.75 Å². The molecule has 1 aliphatic heterocycles. The van der Waals surface area contributed by atoms with Gasteiger partial charge in [-0.15, -0.1) is 0 Å². The minimum atomic E-state index is -0.803. The van der Waals surface area contributed by atoms with E-state index in [-0.39, 0.29) is 6.61 Å². The molecule has 5 atom stereocenters. The van der Waals surface area contributed by atoms with Crippen LogP contribution >= 0.6 is 15.9 Å². The lowest BCUT2D eigenvalue weighted by Crippen LogP contribution is -2.62. The molecule has 1 heterocycles. The van der Waals surface area contributed by atoms with Gasteiger partial charge in [0.05, 0.1) is 33.0 Å². The molecular weight excluding hydrogens is 656 g/mol. The van der Waals surface area contributed by atoms with Gasteiger partial charge in [-0.1, -0.05) is 137 Å². The van der Waals surface area contributed by atoms with Gasteiger partial charge in [0.1, 0.15) is 30.2 Å². The van der Waals surface area contributed by atoms with Crippen LogP contribution in [-0.2, 0) is 50.1 Å².